The van der Waals surface area contributed by atoms with Gasteiger partial charge in [-0.15, -0.1) is 0 Å². The zero-order valence-electron chi connectivity index (χ0n) is 16.3. The van der Waals surface area contributed by atoms with Gasteiger partial charge in [-0.25, -0.2) is 4.39 Å². The molecular weight excluding hydrogens is 367 g/mol. The Morgan fingerprint density at radius 2 is 1.89 bits per heavy atom. The molecule has 3 fully saturated rings. The van der Waals surface area contributed by atoms with Gasteiger partial charge in [0.25, 0.3) is 0 Å². The summed E-state index contributed by atoms with van der Waals surface area (Å²) in [5.74, 6) is -2.10. The maximum Gasteiger partial charge on any atom is 0.192 e. The third kappa shape index (κ3) is 2.06. The molecule has 0 spiro atoms. The highest BCUT2D eigenvalue weighted by Crippen LogP contribution is 2.70. The van der Waals surface area contributed by atoms with Crippen molar-refractivity contribution in [1.29, 1.82) is 0 Å². The summed E-state index contributed by atoms with van der Waals surface area (Å²) in [6.45, 7) is 2.45. The van der Waals surface area contributed by atoms with E-state index in [4.69, 9.17) is 0 Å². The lowest BCUT2D eigenvalue weighted by Crippen LogP contribution is -2.70. The van der Waals surface area contributed by atoms with Gasteiger partial charge >= 0.3 is 0 Å². The van der Waals surface area contributed by atoms with Crippen molar-refractivity contribution >= 4 is 11.6 Å². The fourth-order valence-corrected chi connectivity index (χ4v) is 7.21. The quantitative estimate of drug-likeness (QED) is 0.550. The van der Waals surface area contributed by atoms with E-state index in [-0.39, 0.29) is 25.0 Å². The van der Waals surface area contributed by atoms with Crippen LogP contribution in [0.4, 0.5) is 4.39 Å². The molecule has 5 unspecified atom stereocenters. The number of ketones is 2. The maximum atomic E-state index is 16.8. The Labute approximate surface area is 163 Å². The van der Waals surface area contributed by atoms with Crippen LogP contribution in [0.5, 0.6) is 0 Å². The second-order valence-corrected chi connectivity index (χ2v) is 9.72. The van der Waals surface area contributed by atoms with Crippen LogP contribution in [-0.2, 0) is 9.59 Å². The molecule has 0 aromatic rings. The molecule has 3 saturated carbocycles. The molecule has 4 aliphatic carbocycles. The summed E-state index contributed by atoms with van der Waals surface area (Å²) < 4.78 is 16.8. The smallest absolute Gasteiger partial charge is 0.192 e. The van der Waals surface area contributed by atoms with Crippen molar-refractivity contribution in [3.8, 4) is 0 Å². The number of Topliss-reactive ketones (excluding diaryl/α,β-unsaturated/α-hetero) is 1. The zero-order valence-corrected chi connectivity index (χ0v) is 16.3. The minimum absolute atomic E-state index is 0.0242. The summed E-state index contributed by atoms with van der Waals surface area (Å²) in [6.07, 6.45) is -0.0824. The first kappa shape index (κ1) is 20.1. The third-order valence-corrected chi connectivity index (χ3v) is 8.83. The van der Waals surface area contributed by atoms with Crippen molar-refractivity contribution in [2.75, 3.05) is 6.61 Å². The largest absolute Gasteiger partial charge is 0.390 e. The molecule has 0 amide bonds. The van der Waals surface area contributed by atoms with Gasteiger partial charge in [-0.2, -0.15) is 0 Å². The summed E-state index contributed by atoms with van der Waals surface area (Å²) in [4.78, 5) is 24.3. The minimum Gasteiger partial charge on any atom is -0.390 e. The number of allylic oxidation sites excluding steroid dienone is 1. The van der Waals surface area contributed by atoms with E-state index in [1.807, 2.05) is 0 Å². The van der Waals surface area contributed by atoms with E-state index < -0.39 is 58.5 Å². The summed E-state index contributed by atoms with van der Waals surface area (Å²) in [7, 11) is 0. The maximum absolute atomic E-state index is 16.8. The van der Waals surface area contributed by atoms with Gasteiger partial charge in [0.15, 0.2) is 17.2 Å². The van der Waals surface area contributed by atoms with Crippen molar-refractivity contribution in [1.82, 2.24) is 0 Å². The highest BCUT2D eigenvalue weighted by Gasteiger charge is 2.76. The molecule has 8 atom stereocenters. The molecule has 0 saturated heterocycles. The van der Waals surface area contributed by atoms with Crippen LogP contribution >= 0.6 is 0 Å². The predicted octanol–water partition coefficient (Wildman–Crippen LogP) is 0.844. The first-order valence-corrected chi connectivity index (χ1v) is 10.1. The molecule has 0 aromatic heterocycles. The number of carbonyl (C=O) groups excluding carboxylic acids is 2. The Balaban J connectivity index is 1.83. The molecular formula is C21H29FO6. The van der Waals surface area contributed by atoms with E-state index >= 15 is 4.39 Å². The number of hydrogen-bond acceptors (Lipinski definition) is 6. The van der Waals surface area contributed by atoms with Crippen LogP contribution < -0.4 is 0 Å². The number of carbonyl (C=O) groups is 2. The van der Waals surface area contributed by atoms with E-state index in [0.29, 0.717) is 19.3 Å². The van der Waals surface area contributed by atoms with Gasteiger partial charge in [-0.3, -0.25) is 9.59 Å². The molecule has 0 radical (unpaired) electrons. The molecule has 4 rings (SSSR count). The van der Waals surface area contributed by atoms with Crippen molar-refractivity contribution in [2.24, 2.45) is 22.7 Å². The van der Waals surface area contributed by atoms with E-state index in [9.17, 15) is 30.0 Å². The molecule has 156 valence electrons. The Bertz CT molecular complexity index is 766. The van der Waals surface area contributed by atoms with Crippen LogP contribution in [0.25, 0.3) is 0 Å². The number of fused-ring (bicyclic) bond motifs is 5. The van der Waals surface area contributed by atoms with Gasteiger partial charge < -0.3 is 20.4 Å². The number of rotatable bonds is 2. The van der Waals surface area contributed by atoms with Crippen LogP contribution in [0, 0.1) is 22.7 Å². The Morgan fingerprint density at radius 3 is 2.54 bits per heavy atom. The second-order valence-electron chi connectivity index (χ2n) is 9.72. The number of aliphatic hydroxyl groups excluding tert-OH is 3. The lowest BCUT2D eigenvalue weighted by atomic mass is 9.44. The minimum atomic E-state index is -2.21. The van der Waals surface area contributed by atoms with Gasteiger partial charge in [0.2, 0.25) is 0 Å². The molecule has 7 heteroatoms. The molecule has 0 aromatic carbocycles. The molecule has 4 aliphatic rings. The fourth-order valence-electron chi connectivity index (χ4n) is 7.21. The highest BCUT2D eigenvalue weighted by molar-refractivity contribution is 5.92. The Kier molecular flexibility index (Phi) is 4.27. The summed E-state index contributed by atoms with van der Waals surface area (Å²) >= 11 is 0. The van der Waals surface area contributed by atoms with Crippen molar-refractivity contribution in [2.45, 2.75) is 75.9 Å². The summed E-state index contributed by atoms with van der Waals surface area (Å²) in [5, 5.41) is 42.2. The average molecular weight is 396 g/mol. The van der Waals surface area contributed by atoms with Crippen LogP contribution in [0.3, 0.4) is 0 Å². The van der Waals surface area contributed by atoms with Gasteiger partial charge in [-0.1, -0.05) is 19.4 Å². The van der Waals surface area contributed by atoms with Crippen molar-refractivity contribution in [3.63, 3.8) is 0 Å². The third-order valence-electron chi connectivity index (χ3n) is 8.83. The van der Waals surface area contributed by atoms with Crippen molar-refractivity contribution in [3.05, 3.63) is 11.6 Å². The van der Waals surface area contributed by atoms with Gasteiger partial charge in [0.05, 0.1) is 12.2 Å². The summed E-state index contributed by atoms with van der Waals surface area (Å²) in [5.41, 5.74) is -5.72. The van der Waals surface area contributed by atoms with E-state index in [1.54, 1.807) is 13.8 Å². The van der Waals surface area contributed by atoms with Crippen LogP contribution in [0.1, 0.15) is 52.4 Å². The standard InChI is InChI=1S/C21H29FO6/c1-18-6-5-12(24)7-11(18)3-4-13-14-8-15(25)21(28,17(27)10-23)19(14,2)9-16(26)20(13,18)22/h7,13-16,23,25-26,28H,3-6,8-10H2,1-2H3/t13?,14?,15-,16?,18?,19?,20+,21+/m1/s1. The normalized spacial score (nSPS) is 53.1. The number of alkyl halides is 1. The first-order valence-electron chi connectivity index (χ1n) is 10.1. The predicted molar refractivity (Wildman–Crippen MR) is 96.9 cm³/mol. The summed E-state index contributed by atoms with van der Waals surface area (Å²) in [6, 6.07) is 0. The van der Waals surface area contributed by atoms with E-state index in [0.717, 1.165) is 5.57 Å². The SMILES string of the molecule is CC12CCC(=O)C=C1CCC1C3C[C@@H](O)[C@](O)(C(=O)CO)C3(C)CC(O)[C@@]12F. The molecule has 4 N–H and O–H groups in total. The molecule has 6 nitrogen and oxygen atoms in total. The fraction of sp³-hybridized carbons (Fsp3) is 0.810. The number of aliphatic hydroxyl groups is 4. The van der Waals surface area contributed by atoms with Gasteiger partial charge in [-0.05, 0) is 44.1 Å². The van der Waals surface area contributed by atoms with Gasteiger partial charge in [0.1, 0.15) is 12.3 Å². The Morgan fingerprint density at radius 1 is 1.21 bits per heavy atom. The monoisotopic (exact) mass is 396 g/mol. The van der Waals surface area contributed by atoms with E-state index in [2.05, 4.69) is 0 Å². The Hall–Kier alpha value is -1.15. The molecule has 28 heavy (non-hydrogen) atoms. The molecule has 0 aliphatic heterocycles. The zero-order chi connectivity index (χ0) is 20.7. The van der Waals surface area contributed by atoms with Crippen LogP contribution in [-0.4, -0.2) is 62.1 Å². The van der Waals surface area contributed by atoms with E-state index in [1.165, 1.54) is 6.08 Å². The molecule has 0 bridgehead atoms. The molecule has 0 heterocycles. The lowest BCUT2D eigenvalue weighted by Gasteiger charge is -2.63. The van der Waals surface area contributed by atoms with Crippen LogP contribution in [0.15, 0.2) is 11.6 Å². The topological polar surface area (TPSA) is 115 Å². The van der Waals surface area contributed by atoms with Crippen LogP contribution in [0.2, 0.25) is 0 Å². The number of hydrogen-bond donors (Lipinski definition) is 4. The highest BCUT2D eigenvalue weighted by atomic mass is 19.1. The lowest BCUT2D eigenvalue weighted by molar-refractivity contribution is -0.230. The van der Waals surface area contributed by atoms with Gasteiger partial charge in [0, 0.05) is 23.2 Å². The second kappa shape index (κ2) is 5.94. The average Bonchev–Trinajstić information content (AvgIpc) is 2.84. The first-order chi connectivity index (χ1) is 13.0. The number of halogens is 1. The van der Waals surface area contributed by atoms with Crippen molar-refractivity contribution < 1.29 is 34.4 Å².